The zero-order valence-corrected chi connectivity index (χ0v) is 6.86. The molecule has 0 aromatic rings. The van der Waals surface area contributed by atoms with Gasteiger partial charge >= 0.3 is 0 Å². The second-order valence-corrected chi connectivity index (χ2v) is 3.21. The highest BCUT2D eigenvalue weighted by Crippen LogP contribution is 2.06. The lowest BCUT2D eigenvalue weighted by molar-refractivity contribution is 0.892. The summed E-state index contributed by atoms with van der Waals surface area (Å²) < 4.78 is 0. The predicted octanol–water partition coefficient (Wildman–Crippen LogP) is 1.44. The molecule has 0 spiro atoms. The van der Waals surface area contributed by atoms with Crippen molar-refractivity contribution in [1.82, 2.24) is 5.32 Å². The van der Waals surface area contributed by atoms with Crippen LogP contribution in [0.2, 0.25) is 0 Å². The summed E-state index contributed by atoms with van der Waals surface area (Å²) in [6, 6.07) is 0. The molecule has 0 aromatic carbocycles. The quantitative estimate of drug-likeness (QED) is 0.531. The number of thioether (sulfide) groups is 1. The van der Waals surface area contributed by atoms with Gasteiger partial charge in [-0.15, -0.1) is 0 Å². The standard InChI is InChI=1S/C4H7N.C4H6S/c2*1-2-4-5-3-1/h1-2,5H,3-4H2;1-2H,3-4H2. The highest BCUT2D eigenvalue weighted by atomic mass is 32.2. The highest BCUT2D eigenvalue weighted by Gasteiger charge is 1.84. The fraction of sp³-hybridized carbons (Fsp3) is 0.500. The largest absolute Gasteiger partial charge is 0.310 e. The predicted molar refractivity (Wildman–Crippen MR) is 48.5 cm³/mol. The average molecular weight is 155 g/mol. The van der Waals surface area contributed by atoms with Crippen LogP contribution in [0.4, 0.5) is 0 Å². The number of hydrogen-bond acceptors (Lipinski definition) is 2. The van der Waals surface area contributed by atoms with E-state index in [4.69, 9.17) is 0 Å². The maximum Gasteiger partial charge on any atom is 0.0138 e. The normalized spacial score (nSPS) is 20.8. The molecule has 0 aliphatic carbocycles. The molecule has 0 saturated carbocycles. The summed E-state index contributed by atoms with van der Waals surface area (Å²) in [5, 5.41) is 3.11. The van der Waals surface area contributed by atoms with Crippen molar-refractivity contribution < 1.29 is 0 Å². The van der Waals surface area contributed by atoms with Gasteiger partial charge in [0, 0.05) is 24.6 Å². The van der Waals surface area contributed by atoms with E-state index in [-0.39, 0.29) is 0 Å². The van der Waals surface area contributed by atoms with E-state index in [1.165, 1.54) is 11.5 Å². The van der Waals surface area contributed by atoms with Crippen LogP contribution in [0.3, 0.4) is 0 Å². The Kier molecular flexibility index (Phi) is 4.39. The van der Waals surface area contributed by atoms with Crippen molar-refractivity contribution in [1.29, 1.82) is 0 Å². The summed E-state index contributed by atoms with van der Waals surface area (Å²) in [5.41, 5.74) is 0. The lowest BCUT2D eigenvalue weighted by Gasteiger charge is -1.77. The molecule has 2 heteroatoms. The molecule has 0 amide bonds. The summed E-state index contributed by atoms with van der Waals surface area (Å²) in [6.07, 6.45) is 8.65. The minimum absolute atomic E-state index is 1.07. The fourth-order valence-electron chi connectivity index (χ4n) is 0.757. The Morgan fingerprint density at radius 1 is 0.900 bits per heavy atom. The Bertz CT molecular complexity index is 101. The Balaban J connectivity index is 0.0000001000. The van der Waals surface area contributed by atoms with E-state index in [9.17, 15) is 0 Å². The second-order valence-electron chi connectivity index (χ2n) is 2.14. The Labute approximate surface area is 66.6 Å². The molecular formula is C8H13NS. The third kappa shape index (κ3) is 3.75. The molecule has 0 saturated heterocycles. The topological polar surface area (TPSA) is 12.0 Å². The van der Waals surface area contributed by atoms with Crippen molar-refractivity contribution in [3.05, 3.63) is 24.3 Å². The first-order valence-corrected chi connectivity index (χ1v) is 4.74. The maximum absolute atomic E-state index is 3.11. The zero-order chi connectivity index (χ0) is 7.07. The molecule has 0 fully saturated rings. The van der Waals surface area contributed by atoms with Crippen LogP contribution in [0.1, 0.15) is 0 Å². The van der Waals surface area contributed by atoms with E-state index in [1.807, 2.05) is 11.8 Å². The van der Waals surface area contributed by atoms with Gasteiger partial charge in [0.05, 0.1) is 0 Å². The van der Waals surface area contributed by atoms with E-state index in [1.54, 1.807) is 0 Å². The van der Waals surface area contributed by atoms with E-state index < -0.39 is 0 Å². The van der Waals surface area contributed by atoms with Gasteiger partial charge in [0.1, 0.15) is 0 Å². The highest BCUT2D eigenvalue weighted by molar-refractivity contribution is 7.99. The lowest BCUT2D eigenvalue weighted by Crippen LogP contribution is -2.04. The minimum atomic E-state index is 1.07. The van der Waals surface area contributed by atoms with Crippen LogP contribution in [-0.2, 0) is 0 Å². The molecule has 2 aliphatic heterocycles. The van der Waals surface area contributed by atoms with Gasteiger partial charge in [-0.2, -0.15) is 11.8 Å². The first-order chi connectivity index (χ1) is 5.00. The SMILES string of the molecule is C1=CCNC1.C1=CCSC1. The molecule has 0 unspecified atom stereocenters. The van der Waals surface area contributed by atoms with Crippen LogP contribution in [0.25, 0.3) is 0 Å². The van der Waals surface area contributed by atoms with E-state index in [2.05, 4.69) is 29.6 Å². The fourth-order valence-corrected chi connectivity index (χ4v) is 1.44. The van der Waals surface area contributed by atoms with Crippen LogP contribution in [-0.4, -0.2) is 24.6 Å². The van der Waals surface area contributed by atoms with Gasteiger partial charge in [-0.25, -0.2) is 0 Å². The van der Waals surface area contributed by atoms with E-state index >= 15 is 0 Å². The van der Waals surface area contributed by atoms with Crippen molar-refractivity contribution in [2.24, 2.45) is 0 Å². The Morgan fingerprint density at radius 3 is 1.70 bits per heavy atom. The molecule has 0 aromatic heterocycles. The summed E-state index contributed by atoms with van der Waals surface area (Å²) >= 11 is 1.96. The number of hydrogen-bond donors (Lipinski definition) is 1. The van der Waals surface area contributed by atoms with Crippen LogP contribution >= 0.6 is 11.8 Å². The zero-order valence-electron chi connectivity index (χ0n) is 6.05. The van der Waals surface area contributed by atoms with Gasteiger partial charge in [0.2, 0.25) is 0 Å². The second kappa shape index (κ2) is 5.57. The van der Waals surface area contributed by atoms with Crippen LogP contribution in [0, 0.1) is 0 Å². The monoisotopic (exact) mass is 155 g/mol. The van der Waals surface area contributed by atoms with Gasteiger partial charge in [0.15, 0.2) is 0 Å². The molecular weight excluding hydrogens is 142 g/mol. The minimum Gasteiger partial charge on any atom is -0.310 e. The molecule has 0 radical (unpaired) electrons. The molecule has 56 valence electrons. The summed E-state index contributed by atoms with van der Waals surface area (Å²) in [5.74, 6) is 2.47. The molecule has 0 bridgehead atoms. The van der Waals surface area contributed by atoms with Gasteiger partial charge in [-0.1, -0.05) is 24.3 Å². The summed E-state index contributed by atoms with van der Waals surface area (Å²) in [6.45, 7) is 2.14. The molecule has 0 atom stereocenters. The third-order valence-electron chi connectivity index (χ3n) is 1.29. The molecule has 2 heterocycles. The van der Waals surface area contributed by atoms with Crippen molar-refractivity contribution in [2.75, 3.05) is 24.6 Å². The first kappa shape index (κ1) is 7.89. The third-order valence-corrected chi connectivity index (χ3v) is 2.14. The van der Waals surface area contributed by atoms with E-state index in [0.717, 1.165) is 13.1 Å². The van der Waals surface area contributed by atoms with Gasteiger partial charge in [-0.05, 0) is 0 Å². The van der Waals surface area contributed by atoms with Crippen molar-refractivity contribution in [3.8, 4) is 0 Å². The summed E-state index contributed by atoms with van der Waals surface area (Å²) in [7, 11) is 0. The molecule has 10 heavy (non-hydrogen) atoms. The molecule has 2 rings (SSSR count). The first-order valence-electron chi connectivity index (χ1n) is 3.58. The maximum atomic E-state index is 3.11. The van der Waals surface area contributed by atoms with Gasteiger partial charge in [-0.3, -0.25) is 0 Å². The smallest absolute Gasteiger partial charge is 0.0138 e. The lowest BCUT2D eigenvalue weighted by atomic mass is 10.6. The van der Waals surface area contributed by atoms with Crippen molar-refractivity contribution in [2.45, 2.75) is 0 Å². The van der Waals surface area contributed by atoms with Crippen molar-refractivity contribution >= 4 is 11.8 Å². The Hall–Kier alpha value is -0.210. The molecule has 1 nitrogen and oxygen atoms in total. The van der Waals surface area contributed by atoms with Crippen LogP contribution in [0.5, 0.6) is 0 Å². The Morgan fingerprint density at radius 2 is 1.50 bits per heavy atom. The van der Waals surface area contributed by atoms with Crippen LogP contribution < -0.4 is 5.32 Å². The molecule has 2 aliphatic rings. The average Bonchev–Trinajstić information content (AvgIpc) is 2.67. The van der Waals surface area contributed by atoms with E-state index in [0.29, 0.717) is 0 Å². The number of rotatable bonds is 0. The van der Waals surface area contributed by atoms with Gasteiger partial charge in [0.25, 0.3) is 0 Å². The number of nitrogens with one attached hydrogen (secondary N) is 1. The molecule has 1 N–H and O–H groups in total. The summed E-state index contributed by atoms with van der Waals surface area (Å²) in [4.78, 5) is 0. The van der Waals surface area contributed by atoms with Crippen LogP contribution in [0.15, 0.2) is 24.3 Å². The van der Waals surface area contributed by atoms with Crippen molar-refractivity contribution in [3.63, 3.8) is 0 Å². The van der Waals surface area contributed by atoms with Gasteiger partial charge < -0.3 is 5.32 Å².